The van der Waals surface area contributed by atoms with Gasteiger partial charge in [0.15, 0.2) is 0 Å². The average Bonchev–Trinajstić information content (AvgIpc) is 2.54. The van der Waals surface area contributed by atoms with Crippen LogP contribution in [0.5, 0.6) is 5.75 Å². The molecule has 0 bridgehead atoms. The maximum absolute atomic E-state index is 12.4. The first-order valence-corrected chi connectivity index (χ1v) is 10.4. The minimum atomic E-state index is -3.45. The van der Waals surface area contributed by atoms with Crippen LogP contribution in [0.4, 0.5) is 5.69 Å². The third kappa shape index (κ3) is 4.31. The lowest BCUT2D eigenvalue weighted by Gasteiger charge is -2.29. The normalized spacial score (nSPS) is 16.1. The summed E-state index contributed by atoms with van der Waals surface area (Å²) in [6, 6.07) is 12.4. The third-order valence-corrected chi connectivity index (χ3v) is 5.87. The summed E-state index contributed by atoms with van der Waals surface area (Å²) < 4.78 is 31.9. The zero-order chi connectivity index (χ0) is 17.9. The highest BCUT2D eigenvalue weighted by Crippen LogP contribution is 2.31. The van der Waals surface area contributed by atoms with Gasteiger partial charge in [0.1, 0.15) is 5.75 Å². The topological polar surface area (TPSA) is 59.5 Å². The van der Waals surface area contributed by atoms with Crippen molar-refractivity contribution in [1.82, 2.24) is 4.98 Å². The molecule has 1 saturated carbocycles. The Bertz CT molecular complexity index is 787. The number of rotatable bonds is 7. The number of anilines is 1. The number of aromatic nitrogens is 1. The Labute approximate surface area is 149 Å². The van der Waals surface area contributed by atoms with Crippen molar-refractivity contribution in [2.75, 3.05) is 17.2 Å². The second-order valence-corrected chi connectivity index (χ2v) is 8.45. The van der Waals surface area contributed by atoms with Gasteiger partial charge in [0.05, 0.1) is 30.3 Å². The molecule has 5 nitrogen and oxygen atoms in total. The summed E-state index contributed by atoms with van der Waals surface area (Å²) in [5.74, 6) is 1.44. The van der Waals surface area contributed by atoms with Gasteiger partial charge in [0.25, 0.3) is 0 Å². The van der Waals surface area contributed by atoms with Crippen LogP contribution in [0.25, 0.3) is 0 Å². The molecule has 0 radical (unpaired) electrons. The van der Waals surface area contributed by atoms with Crippen molar-refractivity contribution in [1.29, 1.82) is 0 Å². The molecule has 25 heavy (non-hydrogen) atoms. The lowest BCUT2D eigenvalue weighted by atomic mass is 9.86. The first-order chi connectivity index (χ1) is 11.9. The smallest absolute Gasteiger partial charge is 0.232 e. The standard InChI is InChI=1S/C19H24N2O3S/c1-15(19-8-3-4-13-20-19)21(25(2,22)23)17-9-11-18(12-10-17)24-14-16-6-5-7-16/h3-4,8-13,15-16H,5-7,14H2,1-2H3. The molecule has 0 aliphatic heterocycles. The van der Waals surface area contributed by atoms with Crippen LogP contribution in [0.15, 0.2) is 48.7 Å². The van der Waals surface area contributed by atoms with Gasteiger partial charge in [0, 0.05) is 6.20 Å². The molecule has 3 rings (SSSR count). The largest absolute Gasteiger partial charge is 0.493 e. The first-order valence-electron chi connectivity index (χ1n) is 8.58. The Balaban J connectivity index is 1.79. The Morgan fingerprint density at radius 2 is 1.92 bits per heavy atom. The van der Waals surface area contributed by atoms with E-state index >= 15 is 0 Å². The van der Waals surface area contributed by atoms with Crippen molar-refractivity contribution < 1.29 is 13.2 Å². The number of ether oxygens (including phenoxy) is 1. The van der Waals surface area contributed by atoms with Crippen LogP contribution in [-0.2, 0) is 10.0 Å². The van der Waals surface area contributed by atoms with Gasteiger partial charge in [-0.05, 0) is 62.1 Å². The number of sulfonamides is 1. The summed E-state index contributed by atoms with van der Waals surface area (Å²) in [6.45, 7) is 2.57. The van der Waals surface area contributed by atoms with Gasteiger partial charge in [-0.3, -0.25) is 9.29 Å². The molecule has 1 aromatic carbocycles. The fraction of sp³-hybridized carbons (Fsp3) is 0.421. The Morgan fingerprint density at radius 1 is 1.20 bits per heavy atom. The molecule has 1 aromatic heterocycles. The van der Waals surface area contributed by atoms with Crippen molar-refractivity contribution in [3.8, 4) is 5.75 Å². The summed E-state index contributed by atoms with van der Waals surface area (Å²) in [5.41, 5.74) is 1.31. The van der Waals surface area contributed by atoms with Crippen LogP contribution in [-0.4, -0.2) is 26.3 Å². The maximum Gasteiger partial charge on any atom is 0.232 e. The minimum absolute atomic E-state index is 0.391. The van der Waals surface area contributed by atoms with Crippen molar-refractivity contribution in [2.24, 2.45) is 5.92 Å². The van der Waals surface area contributed by atoms with E-state index in [1.807, 2.05) is 37.3 Å². The van der Waals surface area contributed by atoms with E-state index in [1.54, 1.807) is 18.3 Å². The number of hydrogen-bond donors (Lipinski definition) is 0. The molecule has 6 heteroatoms. The van der Waals surface area contributed by atoms with Gasteiger partial charge in [-0.2, -0.15) is 0 Å². The molecule has 0 N–H and O–H groups in total. The molecule has 1 aliphatic rings. The molecule has 0 amide bonds. The molecule has 134 valence electrons. The lowest BCUT2D eigenvalue weighted by Crippen LogP contribution is -2.33. The maximum atomic E-state index is 12.4. The van der Waals surface area contributed by atoms with E-state index in [0.717, 1.165) is 12.4 Å². The average molecular weight is 360 g/mol. The van der Waals surface area contributed by atoms with E-state index in [9.17, 15) is 8.42 Å². The van der Waals surface area contributed by atoms with Crippen molar-refractivity contribution >= 4 is 15.7 Å². The predicted molar refractivity (Wildman–Crippen MR) is 99.3 cm³/mol. The molecular weight excluding hydrogens is 336 g/mol. The van der Waals surface area contributed by atoms with Gasteiger partial charge >= 0.3 is 0 Å². The molecule has 2 aromatic rings. The molecule has 1 fully saturated rings. The van der Waals surface area contributed by atoms with Crippen LogP contribution >= 0.6 is 0 Å². The molecular formula is C19H24N2O3S. The van der Waals surface area contributed by atoms with Crippen LogP contribution in [0.3, 0.4) is 0 Å². The van der Waals surface area contributed by atoms with E-state index in [2.05, 4.69) is 4.98 Å². The van der Waals surface area contributed by atoms with E-state index in [4.69, 9.17) is 4.74 Å². The molecule has 1 heterocycles. The quantitative estimate of drug-likeness (QED) is 0.754. The number of benzene rings is 1. The predicted octanol–water partition coefficient (Wildman–Crippen LogP) is 3.79. The highest BCUT2D eigenvalue weighted by atomic mass is 32.2. The van der Waals surface area contributed by atoms with Crippen LogP contribution in [0.2, 0.25) is 0 Å². The monoisotopic (exact) mass is 360 g/mol. The number of nitrogens with zero attached hydrogens (tertiary/aromatic N) is 2. The Morgan fingerprint density at radius 3 is 2.44 bits per heavy atom. The zero-order valence-corrected chi connectivity index (χ0v) is 15.4. The molecule has 1 atom stereocenters. The molecule has 0 spiro atoms. The third-order valence-electron chi connectivity index (χ3n) is 4.63. The summed E-state index contributed by atoms with van der Waals surface area (Å²) in [6.07, 6.45) is 6.65. The van der Waals surface area contributed by atoms with E-state index in [0.29, 0.717) is 17.3 Å². The summed E-state index contributed by atoms with van der Waals surface area (Å²) in [4.78, 5) is 4.29. The summed E-state index contributed by atoms with van der Waals surface area (Å²) in [5, 5.41) is 0. The van der Waals surface area contributed by atoms with E-state index in [1.165, 1.54) is 29.8 Å². The van der Waals surface area contributed by atoms with Crippen molar-refractivity contribution in [3.05, 3.63) is 54.4 Å². The van der Waals surface area contributed by atoms with Gasteiger partial charge in [-0.25, -0.2) is 8.42 Å². The first kappa shape index (κ1) is 17.7. The Kier molecular flexibility index (Phi) is 5.27. The fourth-order valence-corrected chi connectivity index (χ4v) is 4.20. The van der Waals surface area contributed by atoms with Crippen LogP contribution in [0.1, 0.15) is 37.9 Å². The van der Waals surface area contributed by atoms with Gasteiger partial charge in [0.2, 0.25) is 10.0 Å². The molecule has 1 unspecified atom stereocenters. The van der Waals surface area contributed by atoms with Crippen molar-refractivity contribution in [3.63, 3.8) is 0 Å². The van der Waals surface area contributed by atoms with Crippen molar-refractivity contribution in [2.45, 2.75) is 32.2 Å². The summed E-state index contributed by atoms with van der Waals surface area (Å²) >= 11 is 0. The SMILES string of the molecule is CC(c1ccccn1)N(c1ccc(OCC2CCC2)cc1)S(C)(=O)=O. The second-order valence-electron chi connectivity index (χ2n) is 6.59. The van der Waals surface area contributed by atoms with E-state index in [-0.39, 0.29) is 0 Å². The second kappa shape index (κ2) is 7.44. The Hall–Kier alpha value is -2.08. The van der Waals surface area contributed by atoms with Crippen LogP contribution in [0, 0.1) is 5.92 Å². The van der Waals surface area contributed by atoms with Gasteiger partial charge in [-0.1, -0.05) is 12.5 Å². The fourth-order valence-electron chi connectivity index (χ4n) is 3.01. The minimum Gasteiger partial charge on any atom is -0.493 e. The number of pyridine rings is 1. The number of hydrogen-bond acceptors (Lipinski definition) is 4. The van der Waals surface area contributed by atoms with Crippen LogP contribution < -0.4 is 9.04 Å². The van der Waals surface area contributed by atoms with Gasteiger partial charge < -0.3 is 4.74 Å². The molecule has 1 aliphatic carbocycles. The summed E-state index contributed by atoms with van der Waals surface area (Å²) in [7, 11) is -3.45. The lowest BCUT2D eigenvalue weighted by molar-refractivity contribution is 0.180. The highest BCUT2D eigenvalue weighted by Gasteiger charge is 2.26. The van der Waals surface area contributed by atoms with Gasteiger partial charge in [-0.15, -0.1) is 0 Å². The van der Waals surface area contributed by atoms with E-state index < -0.39 is 16.1 Å². The highest BCUT2D eigenvalue weighted by molar-refractivity contribution is 7.92. The zero-order valence-electron chi connectivity index (χ0n) is 14.6. The molecule has 0 saturated heterocycles.